The van der Waals surface area contributed by atoms with E-state index in [4.69, 9.17) is 0 Å². The van der Waals surface area contributed by atoms with Gasteiger partial charge in [0.05, 0.1) is 5.69 Å². The molecule has 0 radical (unpaired) electrons. The van der Waals surface area contributed by atoms with Crippen LogP contribution in [-0.4, -0.2) is 61.6 Å². The van der Waals surface area contributed by atoms with Gasteiger partial charge in [-0.3, -0.25) is 4.79 Å². The van der Waals surface area contributed by atoms with Crippen LogP contribution in [0.15, 0.2) is 18.5 Å². The lowest BCUT2D eigenvalue weighted by atomic mass is 10.2. The van der Waals surface area contributed by atoms with Crippen molar-refractivity contribution in [3.63, 3.8) is 0 Å². The second kappa shape index (κ2) is 6.61. The first kappa shape index (κ1) is 17.4. The zero-order valence-electron chi connectivity index (χ0n) is 16.1. The third-order valence-corrected chi connectivity index (χ3v) is 5.12. The summed E-state index contributed by atoms with van der Waals surface area (Å²) in [5.74, 6) is 0.925. The zero-order valence-corrected chi connectivity index (χ0v) is 16.1. The van der Waals surface area contributed by atoms with Crippen LogP contribution in [0.3, 0.4) is 0 Å². The summed E-state index contributed by atoms with van der Waals surface area (Å²) in [5.41, 5.74) is 5.06. The van der Waals surface area contributed by atoms with Crippen LogP contribution in [0.1, 0.15) is 33.1 Å². The van der Waals surface area contributed by atoms with E-state index in [1.54, 1.807) is 10.8 Å². The summed E-state index contributed by atoms with van der Waals surface area (Å²) in [7, 11) is 0. The molecule has 0 N–H and O–H groups in total. The van der Waals surface area contributed by atoms with E-state index in [9.17, 15) is 4.79 Å². The molecule has 4 heterocycles. The van der Waals surface area contributed by atoms with Crippen molar-refractivity contribution < 1.29 is 4.79 Å². The molecular formula is C19H23N7O. The second-order valence-corrected chi connectivity index (χ2v) is 7.03. The minimum atomic E-state index is -0.0327. The molecule has 1 saturated heterocycles. The Balaban J connectivity index is 1.51. The van der Waals surface area contributed by atoms with Gasteiger partial charge < -0.3 is 9.80 Å². The number of carbonyl (C=O) groups excluding carboxylic acids is 1. The summed E-state index contributed by atoms with van der Waals surface area (Å²) < 4.78 is 1.77. The summed E-state index contributed by atoms with van der Waals surface area (Å²) in [4.78, 5) is 30.2. The largest absolute Gasteiger partial charge is 0.353 e. The SMILES string of the molecule is Cc1cc2nc(C(=O)N3CCN(c4ncnc(C)c4C)CC3)cc(C)n2n1. The second-order valence-electron chi connectivity index (χ2n) is 7.03. The molecule has 140 valence electrons. The average Bonchev–Trinajstić information content (AvgIpc) is 3.04. The van der Waals surface area contributed by atoms with Crippen LogP contribution >= 0.6 is 0 Å². The van der Waals surface area contributed by atoms with Crippen LogP contribution in [0, 0.1) is 27.7 Å². The van der Waals surface area contributed by atoms with Crippen LogP contribution in [0.2, 0.25) is 0 Å². The maximum absolute atomic E-state index is 13.0. The Bertz CT molecular complexity index is 1020. The van der Waals surface area contributed by atoms with Crippen molar-refractivity contribution in [2.45, 2.75) is 27.7 Å². The molecule has 27 heavy (non-hydrogen) atoms. The Morgan fingerprint density at radius 3 is 2.48 bits per heavy atom. The molecule has 0 bridgehead atoms. The molecule has 1 aliphatic heterocycles. The maximum Gasteiger partial charge on any atom is 0.272 e. The average molecular weight is 365 g/mol. The number of aromatic nitrogens is 5. The van der Waals surface area contributed by atoms with Gasteiger partial charge in [0.25, 0.3) is 5.91 Å². The van der Waals surface area contributed by atoms with Crippen molar-refractivity contribution >= 4 is 17.4 Å². The lowest BCUT2D eigenvalue weighted by Gasteiger charge is -2.36. The molecule has 0 spiro atoms. The number of aryl methyl sites for hydroxylation is 3. The van der Waals surface area contributed by atoms with Gasteiger partial charge in [-0.2, -0.15) is 5.10 Å². The highest BCUT2D eigenvalue weighted by Gasteiger charge is 2.25. The molecule has 8 nitrogen and oxygen atoms in total. The summed E-state index contributed by atoms with van der Waals surface area (Å²) >= 11 is 0. The van der Waals surface area contributed by atoms with E-state index in [1.807, 2.05) is 44.7 Å². The van der Waals surface area contributed by atoms with Gasteiger partial charge in [-0.1, -0.05) is 0 Å². The molecule has 0 unspecified atom stereocenters. The fraction of sp³-hybridized carbons (Fsp3) is 0.421. The third kappa shape index (κ3) is 3.11. The monoisotopic (exact) mass is 365 g/mol. The van der Waals surface area contributed by atoms with E-state index < -0.39 is 0 Å². The Morgan fingerprint density at radius 2 is 1.74 bits per heavy atom. The van der Waals surface area contributed by atoms with E-state index in [-0.39, 0.29) is 5.91 Å². The summed E-state index contributed by atoms with van der Waals surface area (Å²) in [6.45, 7) is 10.7. The van der Waals surface area contributed by atoms with E-state index in [0.29, 0.717) is 24.4 Å². The van der Waals surface area contributed by atoms with Crippen LogP contribution in [0.5, 0.6) is 0 Å². The van der Waals surface area contributed by atoms with Gasteiger partial charge in [-0.15, -0.1) is 0 Å². The molecule has 0 aliphatic carbocycles. The number of hydrogen-bond donors (Lipinski definition) is 0. The van der Waals surface area contributed by atoms with Gasteiger partial charge >= 0.3 is 0 Å². The number of amides is 1. The fourth-order valence-corrected chi connectivity index (χ4v) is 3.48. The van der Waals surface area contributed by atoms with Crippen molar-refractivity contribution in [3.8, 4) is 0 Å². The van der Waals surface area contributed by atoms with Crippen molar-refractivity contribution in [2.75, 3.05) is 31.1 Å². The van der Waals surface area contributed by atoms with Gasteiger partial charge in [0.15, 0.2) is 5.65 Å². The highest BCUT2D eigenvalue weighted by molar-refractivity contribution is 5.93. The molecule has 1 fully saturated rings. The smallest absolute Gasteiger partial charge is 0.272 e. The number of piperazine rings is 1. The highest BCUT2D eigenvalue weighted by Crippen LogP contribution is 2.20. The van der Waals surface area contributed by atoms with E-state index >= 15 is 0 Å². The molecule has 4 rings (SSSR count). The molecule has 1 amide bonds. The van der Waals surface area contributed by atoms with Crippen molar-refractivity contribution in [1.29, 1.82) is 0 Å². The number of nitrogens with zero attached hydrogens (tertiary/aromatic N) is 7. The lowest BCUT2D eigenvalue weighted by molar-refractivity contribution is 0.0740. The van der Waals surface area contributed by atoms with E-state index in [2.05, 4.69) is 25.0 Å². The predicted octanol–water partition coefficient (Wildman–Crippen LogP) is 1.72. The number of carbonyl (C=O) groups is 1. The van der Waals surface area contributed by atoms with Gasteiger partial charge in [0.2, 0.25) is 0 Å². The molecule has 0 aromatic carbocycles. The van der Waals surface area contributed by atoms with Gasteiger partial charge in [-0.05, 0) is 33.8 Å². The highest BCUT2D eigenvalue weighted by atomic mass is 16.2. The molecule has 0 saturated carbocycles. The topological polar surface area (TPSA) is 79.5 Å². The van der Waals surface area contributed by atoms with Crippen molar-refractivity contribution in [2.24, 2.45) is 0 Å². The first-order valence-electron chi connectivity index (χ1n) is 9.10. The molecule has 3 aromatic rings. The van der Waals surface area contributed by atoms with Gasteiger partial charge in [-0.25, -0.2) is 19.5 Å². The van der Waals surface area contributed by atoms with Crippen LogP contribution < -0.4 is 4.90 Å². The first-order valence-corrected chi connectivity index (χ1v) is 9.10. The molecular weight excluding hydrogens is 342 g/mol. The summed E-state index contributed by atoms with van der Waals surface area (Å²) in [6.07, 6.45) is 1.60. The standard InChI is InChI=1S/C19H23N7O/c1-12-9-17-22-16(10-13(2)26(17)23-12)19(27)25-7-5-24(6-8-25)18-14(3)15(4)20-11-21-18/h9-11H,5-8H2,1-4H3. The Morgan fingerprint density at radius 1 is 1.00 bits per heavy atom. The normalized spacial score (nSPS) is 14.8. The number of hydrogen-bond acceptors (Lipinski definition) is 6. The molecule has 1 aliphatic rings. The van der Waals surface area contributed by atoms with E-state index in [0.717, 1.165) is 41.6 Å². The summed E-state index contributed by atoms with van der Waals surface area (Å²) in [5, 5.41) is 4.40. The molecule has 3 aromatic heterocycles. The van der Waals surface area contributed by atoms with Crippen LogP contribution in [0.4, 0.5) is 5.82 Å². The Labute approximate surface area is 157 Å². The van der Waals surface area contributed by atoms with Gasteiger partial charge in [0, 0.05) is 49.2 Å². The van der Waals surface area contributed by atoms with Crippen molar-refractivity contribution in [1.82, 2.24) is 29.5 Å². The number of rotatable bonds is 2. The van der Waals surface area contributed by atoms with Gasteiger partial charge in [0.1, 0.15) is 17.8 Å². The fourth-order valence-electron chi connectivity index (χ4n) is 3.48. The number of fused-ring (bicyclic) bond motifs is 1. The maximum atomic E-state index is 13.0. The quantitative estimate of drug-likeness (QED) is 0.688. The number of anilines is 1. The summed E-state index contributed by atoms with van der Waals surface area (Å²) in [6, 6.07) is 3.70. The van der Waals surface area contributed by atoms with Crippen LogP contribution in [-0.2, 0) is 0 Å². The molecule has 0 atom stereocenters. The van der Waals surface area contributed by atoms with E-state index in [1.165, 1.54) is 0 Å². The van der Waals surface area contributed by atoms with Crippen molar-refractivity contribution in [3.05, 3.63) is 46.8 Å². The lowest BCUT2D eigenvalue weighted by Crippen LogP contribution is -2.49. The third-order valence-electron chi connectivity index (χ3n) is 5.12. The Hall–Kier alpha value is -3.03. The molecule has 8 heteroatoms. The van der Waals surface area contributed by atoms with Crippen LogP contribution in [0.25, 0.3) is 5.65 Å². The first-order chi connectivity index (χ1) is 12.9. The minimum absolute atomic E-state index is 0.0327. The zero-order chi connectivity index (χ0) is 19.1. The Kier molecular flexibility index (Phi) is 4.25. The minimum Gasteiger partial charge on any atom is -0.353 e. The predicted molar refractivity (Wildman–Crippen MR) is 102 cm³/mol.